The van der Waals surface area contributed by atoms with E-state index in [-0.39, 0.29) is 29.5 Å². The molecular weight excluding hydrogens is 396 g/mol. The summed E-state index contributed by atoms with van der Waals surface area (Å²) in [5.74, 6) is 1.05. The van der Waals surface area contributed by atoms with Crippen molar-refractivity contribution in [1.29, 1.82) is 0 Å². The quantitative estimate of drug-likeness (QED) is 0.545. The van der Waals surface area contributed by atoms with Gasteiger partial charge in [-0.3, -0.25) is 4.79 Å². The van der Waals surface area contributed by atoms with Gasteiger partial charge in [0.2, 0.25) is 0 Å². The highest BCUT2D eigenvalue weighted by molar-refractivity contribution is 5.73. The van der Waals surface area contributed by atoms with Crippen LogP contribution in [0.3, 0.4) is 0 Å². The lowest BCUT2D eigenvalue weighted by atomic mass is 9.53. The third-order valence-electron chi connectivity index (χ3n) is 7.64. The van der Waals surface area contributed by atoms with E-state index >= 15 is 0 Å². The number of piperidine rings is 1. The summed E-state index contributed by atoms with van der Waals surface area (Å²) in [5, 5.41) is 0. The molecule has 2 aliphatic heterocycles. The standard InChI is InChI=1S/C24H30N2O5/c1-5-26(6-2)23(28)30-18-9-7-15-13-17-16-8-10-19(29-14(3)27)22-24(16,11-12-25(17)4)20(15)21(18)31-22/h7-10,16-17,19,22H,5-6,11-13H2,1-4H3/t16-,17+,19-,22-,24-/m0/s1. The number of rotatable bonds is 4. The molecule has 0 saturated carbocycles. The summed E-state index contributed by atoms with van der Waals surface area (Å²) in [6, 6.07) is 4.31. The van der Waals surface area contributed by atoms with E-state index in [9.17, 15) is 9.59 Å². The average molecular weight is 427 g/mol. The van der Waals surface area contributed by atoms with Crippen molar-refractivity contribution in [3.63, 3.8) is 0 Å². The fourth-order valence-electron chi connectivity index (χ4n) is 6.22. The van der Waals surface area contributed by atoms with Gasteiger partial charge in [-0.05, 0) is 58.0 Å². The zero-order valence-corrected chi connectivity index (χ0v) is 18.6. The van der Waals surface area contributed by atoms with Gasteiger partial charge in [-0.15, -0.1) is 0 Å². The highest BCUT2D eigenvalue weighted by Gasteiger charge is 2.65. The third kappa shape index (κ3) is 2.82. The van der Waals surface area contributed by atoms with Gasteiger partial charge in [-0.2, -0.15) is 0 Å². The SMILES string of the molecule is CCN(CC)C(=O)Oc1ccc2c3c1O[C@H]1[C@@H](OC(C)=O)C=C[C@H]4[C@@H](C2)N(C)CC[C@@]341. The molecular formula is C24H30N2O5. The van der Waals surface area contributed by atoms with Crippen LogP contribution in [0.2, 0.25) is 0 Å². The molecule has 166 valence electrons. The Bertz CT molecular complexity index is 956. The second-order valence-corrected chi connectivity index (χ2v) is 9.03. The molecule has 0 unspecified atom stereocenters. The first-order valence-electron chi connectivity index (χ1n) is 11.3. The molecule has 5 atom stereocenters. The van der Waals surface area contributed by atoms with Gasteiger partial charge in [0.15, 0.2) is 17.6 Å². The van der Waals surface area contributed by atoms with Crippen molar-refractivity contribution in [2.75, 3.05) is 26.7 Å². The Labute approximate surface area is 182 Å². The minimum atomic E-state index is -0.456. The molecule has 7 nitrogen and oxygen atoms in total. The molecule has 7 heteroatoms. The van der Waals surface area contributed by atoms with Crippen LogP contribution in [-0.2, 0) is 21.4 Å². The molecule has 31 heavy (non-hydrogen) atoms. The summed E-state index contributed by atoms with van der Waals surface area (Å²) >= 11 is 0. The van der Waals surface area contributed by atoms with Crippen LogP contribution in [0.1, 0.15) is 38.3 Å². The van der Waals surface area contributed by atoms with Crippen molar-refractivity contribution in [2.45, 2.75) is 57.3 Å². The first-order chi connectivity index (χ1) is 14.9. The fourth-order valence-corrected chi connectivity index (χ4v) is 6.22. The molecule has 4 aliphatic rings. The molecule has 1 saturated heterocycles. The van der Waals surface area contributed by atoms with Crippen LogP contribution in [0.5, 0.6) is 11.5 Å². The van der Waals surface area contributed by atoms with Crippen LogP contribution in [0, 0.1) is 5.92 Å². The number of ether oxygens (including phenoxy) is 3. The minimum absolute atomic E-state index is 0.269. The fraction of sp³-hybridized carbons (Fsp3) is 0.583. The first kappa shape index (κ1) is 20.4. The minimum Gasteiger partial charge on any atom is -0.481 e. The predicted molar refractivity (Wildman–Crippen MR) is 114 cm³/mol. The van der Waals surface area contributed by atoms with Crippen molar-refractivity contribution < 1.29 is 23.8 Å². The molecule has 1 aromatic carbocycles. The van der Waals surface area contributed by atoms with Crippen molar-refractivity contribution in [3.05, 3.63) is 35.4 Å². The van der Waals surface area contributed by atoms with Crippen LogP contribution in [0.4, 0.5) is 4.79 Å². The van der Waals surface area contributed by atoms with E-state index < -0.39 is 6.10 Å². The Morgan fingerprint density at radius 1 is 1.26 bits per heavy atom. The number of esters is 1. The van der Waals surface area contributed by atoms with E-state index in [0.29, 0.717) is 30.6 Å². The van der Waals surface area contributed by atoms with Crippen molar-refractivity contribution in [2.24, 2.45) is 5.92 Å². The molecule has 1 spiro atoms. The first-order valence-corrected chi connectivity index (χ1v) is 11.3. The molecule has 2 heterocycles. The second-order valence-electron chi connectivity index (χ2n) is 9.03. The van der Waals surface area contributed by atoms with E-state index in [0.717, 1.165) is 24.9 Å². The Morgan fingerprint density at radius 3 is 2.74 bits per heavy atom. The predicted octanol–water partition coefficient (Wildman–Crippen LogP) is 2.90. The number of likely N-dealkylation sites (N-methyl/N-ethyl adjacent to an activating group) is 1. The molecule has 1 amide bonds. The number of hydrogen-bond acceptors (Lipinski definition) is 6. The highest BCUT2D eigenvalue weighted by Crippen LogP contribution is 2.62. The van der Waals surface area contributed by atoms with E-state index in [2.05, 4.69) is 24.1 Å². The van der Waals surface area contributed by atoms with Gasteiger partial charge in [0.25, 0.3) is 0 Å². The van der Waals surface area contributed by atoms with Crippen LogP contribution in [-0.4, -0.2) is 66.8 Å². The van der Waals surface area contributed by atoms with Gasteiger partial charge >= 0.3 is 12.1 Å². The Morgan fingerprint density at radius 2 is 2.03 bits per heavy atom. The summed E-state index contributed by atoms with van der Waals surface area (Å²) in [7, 11) is 2.18. The van der Waals surface area contributed by atoms with E-state index in [1.54, 1.807) is 4.90 Å². The summed E-state index contributed by atoms with van der Waals surface area (Å²) in [6.45, 7) is 7.40. The van der Waals surface area contributed by atoms with Crippen molar-refractivity contribution in [3.8, 4) is 11.5 Å². The number of nitrogens with zero attached hydrogens (tertiary/aromatic N) is 2. The van der Waals surface area contributed by atoms with Crippen LogP contribution < -0.4 is 9.47 Å². The maximum atomic E-state index is 12.7. The van der Waals surface area contributed by atoms with Crippen LogP contribution in [0.25, 0.3) is 0 Å². The highest BCUT2D eigenvalue weighted by atomic mass is 16.6. The Kier molecular flexibility index (Phi) is 4.77. The number of carbonyl (C=O) groups is 2. The summed E-state index contributed by atoms with van der Waals surface area (Å²) in [4.78, 5) is 28.6. The lowest BCUT2D eigenvalue weighted by Gasteiger charge is -2.56. The average Bonchev–Trinajstić information content (AvgIpc) is 3.09. The maximum Gasteiger partial charge on any atom is 0.415 e. The van der Waals surface area contributed by atoms with Gasteiger partial charge in [0, 0.05) is 43.0 Å². The van der Waals surface area contributed by atoms with E-state index in [1.165, 1.54) is 12.5 Å². The number of benzene rings is 1. The largest absolute Gasteiger partial charge is 0.481 e. The Balaban J connectivity index is 1.62. The number of likely N-dealkylation sites (tertiary alicyclic amines) is 1. The van der Waals surface area contributed by atoms with Crippen molar-refractivity contribution in [1.82, 2.24) is 9.80 Å². The van der Waals surface area contributed by atoms with Gasteiger partial charge in [-0.1, -0.05) is 12.1 Å². The van der Waals surface area contributed by atoms with Gasteiger partial charge in [0.05, 0.1) is 0 Å². The molecule has 1 fully saturated rings. The smallest absolute Gasteiger partial charge is 0.415 e. The van der Waals surface area contributed by atoms with E-state index in [1.807, 2.05) is 26.0 Å². The van der Waals surface area contributed by atoms with Crippen LogP contribution in [0.15, 0.2) is 24.3 Å². The molecule has 1 aromatic rings. The molecule has 0 radical (unpaired) electrons. The monoisotopic (exact) mass is 426 g/mol. The number of hydrogen-bond donors (Lipinski definition) is 0. The molecule has 0 N–H and O–H groups in total. The number of carbonyl (C=O) groups excluding carboxylic acids is 2. The van der Waals surface area contributed by atoms with Gasteiger partial charge in [0.1, 0.15) is 6.10 Å². The molecule has 0 aromatic heterocycles. The molecule has 5 rings (SSSR count). The third-order valence-corrected chi connectivity index (χ3v) is 7.64. The van der Waals surface area contributed by atoms with Crippen molar-refractivity contribution >= 4 is 12.1 Å². The number of amides is 1. The molecule has 2 bridgehead atoms. The lowest BCUT2D eigenvalue weighted by Crippen LogP contribution is -2.65. The van der Waals surface area contributed by atoms with E-state index in [4.69, 9.17) is 14.2 Å². The topological polar surface area (TPSA) is 68.3 Å². The normalized spacial score (nSPS) is 32.1. The van der Waals surface area contributed by atoms with Crippen LogP contribution >= 0.6 is 0 Å². The summed E-state index contributed by atoms with van der Waals surface area (Å²) in [6.07, 6.45) is 4.90. The summed E-state index contributed by atoms with van der Waals surface area (Å²) < 4.78 is 18.1. The van der Waals surface area contributed by atoms with Gasteiger partial charge < -0.3 is 24.0 Å². The zero-order valence-electron chi connectivity index (χ0n) is 18.6. The van der Waals surface area contributed by atoms with Gasteiger partial charge in [-0.25, -0.2) is 4.79 Å². The Hall–Kier alpha value is -2.54. The summed E-state index contributed by atoms with van der Waals surface area (Å²) in [5.41, 5.74) is 2.12. The second kappa shape index (κ2) is 7.26. The zero-order chi connectivity index (χ0) is 21.9. The lowest BCUT2D eigenvalue weighted by molar-refractivity contribution is -0.152. The maximum absolute atomic E-state index is 12.7. The molecule has 2 aliphatic carbocycles.